The van der Waals surface area contributed by atoms with Crippen molar-refractivity contribution in [3.05, 3.63) is 139 Å². The number of ether oxygens (including phenoxy) is 1. The standard InChI is InChI=1S/C30H27O2P/c1-23(2)28(22-24-14-6-3-7-15-24)32-30(31)27-20-12-13-21-29(27)33(25-16-8-4-9-17-25)26-18-10-5-11-19-26/h3-21,28H,1,22H2,2H3/t28-/m0/s1. The molecule has 0 N–H and O–H groups in total. The predicted octanol–water partition coefficient (Wildman–Crippen LogP) is 5.79. The van der Waals surface area contributed by atoms with Crippen molar-refractivity contribution in [1.82, 2.24) is 0 Å². The van der Waals surface area contributed by atoms with Gasteiger partial charge in [-0.1, -0.05) is 116 Å². The summed E-state index contributed by atoms with van der Waals surface area (Å²) in [4.78, 5) is 13.5. The highest BCUT2D eigenvalue weighted by molar-refractivity contribution is 7.80. The number of carbonyl (C=O) groups excluding carboxylic acids is 1. The lowest BCUT2D eigenvalue weighted by atomic mass is 10.0. The zero-order valence-electron chi connectivity index (χ0n) is 18.7. The van der Waals surface area contributed by atoms with Crippen molar-refractivity contribution in [3.63, 3.8) is 0 Å². The van der Waals surface area contributed by atoms with E-state index in [1.165, 1.54) is 10.6 Å². The van der Waals surface area contributed by atoms with Gasteiger partial charge in [-0.3, -0.25) is 0 Å². The van der Waals surface area contributed by atoms with Gasteiger partial charge in [0.2, 0.25) is 0 Å². The van der Waals surface area contributed by atoms with Crippen LogP contribution >= 0.6 is 7.92 Å². The van der Waals surface area contributed by atoms with E-state index in [1.807, 2.05) is 91.9 Å². The van der Waals surface area contributed by atoms with Crippen LogP contribution in [0.3, 0.4) is 0 Å². The highest BCUT2D eigenvalue weighted by Gasteiger charge is 2.25. The Kier molecular flexibility index (Phi) is 7.50. The number of hydrogen-bond donors (Lipinski definition) is 0. The maximum absolute atomic E-state index is 13.5. The fraction of sp³-hybridized carbons (Fsp3) is 0.100. The van der Waals surface area contributed by atoms with Crippen LogP contribution in [0.1, 0.15) is 22.8 Å². The third kappa shape index (κ3) is 5.66. The maximum Gasteiger partial charge on any atom is 0.339 e. The average molecular weight is 451 g/mol. The fourth-order valence-electron chi connectivity index (χ4n) is 3.76. The van der Waals surface area contributed by atoms with Crippen molar-refractivity contribution in [3.8, 4) is 0 Å². The van der Waals surface area contributed by atoms with Gasteiger partial charge in [-0.05, 0) is 48.0 Å². The van der Waals surface area contributed by atoms with E-state index < -0.39 is 7.92 Å². The Bertz CT molecular complexity index is 1160. The van der Waals surface area contributed by atoms with Crippen molar-refractivity contribution in [2.45, 2.75) is 19.4 Å². The molecule has 0 fully saturated rings. The van der Waals surface area contributed by atoms with Gasteiger partial charge >= 0.3 is 5.97 Å². The van der Waals surface area contributed by atoms with E-state index >= 15 is 0 Å². The number of esters is 1. The van der Waals surface area contributed by atoms with Gasteiger partial charge in [0.25, 0.3) is 0 Å². The van der Waals surface area contributed by atoms with Crippen LogP contribution in [0.2, 0.25) is 0 Å². The molecule has 1 atom stereocenters. The minimum atomic E-state index is -0.911. The van der Waals surface area contributed by atoms with Crippen LogP contribution in [0.15, 0.2) is 127 Å². The van der Waals surface area contributed by atoms with E-state index in [1.54, 1.807) is 0 Å². The smallest absolute Gasteiger partial charge is 0.339 e. The first kappa shape index (κ1) is 22.7. The van der Waals surface area contributed by atoms with Crippen LogP contribution in [0.4, 0.5) is 0 Å². The Balaban J connectivity index is 1.69. The molecule has 0 saturated heterocycles. The second-order valence-electron chi connectivity index (χ2n) is 7.95. The second-order valence-corrected chi connectivity index (χ2v) is 10.1. The Labute approximate surface area is 197 Å². The fourth-order valence-corrected chi connectivity index (χ4v) is 6.20. The molecule has 33 heavy (non-hydrogen) atoms. The molecule has 0 amide bonds. The van der Waals surface area contributed by atoms with Gasteiger partial charge in [0.05, 0.1) is 5.56 Å². The van der Waals surface area contributed by atoms with Gasteiger partial charge in [0.1, 0.15) is 6.10 Å². The molecule has 0 bridgehead atoms. The van der Waals surface area contributed by atoms with E-state index in [9.17, 15) is 4.79 Å². The lowest BCUT2D eigenvalue weighted by Gasteiger charge is -2.23. The van der Waals surface area contributed by atoms with Crippen LogP contribution in [0.5, 0.6) is 0 Å². The number of carbonyl (C=O) groups is 1. The van der Waals surface area contributed by atoms with E-state index in [0.29, 0.717) is 12.0 Å². The van der Waals surface area contributed by atoms with Crippen molar-refractivity contribution in [2.75, 3.05) is 0 Å². The molecule has 0 saturated carbocycles. The number of rotatable bonds is 8. The summed E-state index contributed by atoms with van der Waals surface area (Å²) in [5.41, 5.74) is 2.55. The lowest BCUT2D eigenvalue weighted by Crippen LogP contribution is -2.28. The van der Waals surface area contributed by atoms with Crippen LogP contribution in [0, 0.1) is 0 Å². The zero-order valence-corrected chi connectivity index (χ0v) is 19.6. The molecule has 0 radical (unpaired) electrons. The third-order valence-electron chi connectivity index (χ3n) is 5.46. The molecular formula is C30H27O2P. The Morgan fingerprint density at radius 2 is 1.24 bits per heavy atom. The summed E-state index contributed by atoms with van der Waals surface area (Å²) in [6, 6.07) is 38.6. The predicted molar refractivity (Wildman–Crippen MR) is 139 cm³/mol. The first-order valence-corrected chi connectivity index (χ1v) is 12.4. The average Bonchev–Trinajstić information content (AvgIpc) is 2.86. The Morgan fingerprint density at radius 1 is 0.758 bits per heavy atom. The minimum absolute atomic E-state index is 0.311. The van der Waals surface area contributed by atoms with Gasteiger partial charge in [-0.25, -0.2) is 4.79 Å². The van der Waals surface area contributed by atoms with Crippen molar-refractivity contribution in [2.24, 2.45) is 0 Å². The summed E-state index contributed by atoms with van der Waals surface area (Å²) in [6.45, 7) is 5.99. The molecule has 0 aliphatic carbocycles. The van der Waals surface area contributed by atoms with Crippen molar-refractivity contribution < 1.29 is 9.53 Å². The lowest BCUT2D eigenvalue weighted by molar-refractivity contribution is 0.0377. The zero-order chi connectivity index (χ0) is 23.0. The maximum atomic E-state index is 13.5. The molecular weight excluding hydrogens is 423 g/mol. The molecule has 0 aliphatic heterocycles. The third-order valence-corrected chi connectivity index (χ3v) is 7.96. The molecule has 0 aromatic heterocycles. The summed E-state index contributed by atoms with van der Waals surface area (Å²) in [7, 11) is -0.911. The molecule has 4 rings (SSSR count). The van der Waals surface area contributed by atoms with E-state index in [2.05, 4.69) is 36.9 Å². The first-order valence-electron chi connectivity index (χ1n) is 11.0. The molecule has 2 nitrogen and oxygen atoms in total. The molecule has 0 spiro atoms. The minimum Gasteiger partial charge on any atom is -0.454 e. The number of benzene rings is 4. The van der Waals surface area contributed by atoms with Gasteiger partial charge in [-0.2, -0.15) is 0 Å². The summed E-state index contributed by atoms with van der Waals surface area (Å²) in [5.74, 6) is -0.311. The summed E-state index contributed by atoms with van der Waals surface area (Å²) < 4.78 is 6.04. The summed E-state index contributed by atoms with van der Waals surface area (Å²) >= 11 is 0. The number of hydrogen-bond acceptors (Lipinski definition) is 2. The first-order chi connectivity index (χ1) is 16.1. The highest BCUT2D eigenvalue weighted by Crippen LogP contribution is 2.34. The van der Waals surface area contributed by atoms with Crippen molar-refractivity contribution >= 4 is 29.8 Å². The molecule has 4 aromatic rings. The van der Waals surface area contributed by atoms with Gasteiger partial charge in [-0.15, -0.1) is 0 Å². The van der Waals surface area contributed by atoms with E-state index in [4.69, 9.17) is 4.74 Å². The summed E-state index contributed by atoms with van der Waals surface area (Å²) in [6.07, 6.45) is 0.226. The van der Waals surface area contributed by atoms with Gasteiger partial charge < -0.3 is 4.74 Å². The molecule has 0 unspecified atom stereocenters. The molecule has 164 valence electrons. The quantitative estimate of drug-likeness (QED) is 0.193. The second kappa shape index (κ2) is 10.9. The van der Waals surface area contributed by atoms with Crippen LogP contribution in [-0.2, 0) is 11.2 Å². The van der Waals surface area contributed by atoms with E-state index in [-0.39, 0.29) is 12.1 Å². The van der Waals surface area contributed by atoms with Crippen LogP contribution in [0.25, 0.3) is 0 Å². The molecule has 3 heteroatoms. The van der Waals surface area contributed by atoms with Crippen LogP contribution < -0.4 is 15.9 Å². The highest BCUT2D eigenvalue weighted by atomic mass is 31.1. The molecule has 0 heterocycles. The van der Waals surface area contributed by atoms with Gasteiger partial charge in [0, 0.05) is 6.42 Å². The normalized spacial score (nSPS) is 11.7. The Morgan fingerprint density at radius 3 is 1.79 bits per heavy atom. The Hall–Kier alpha value is -3.48. The van der Waals surface area contributed by atoms with Crippen LogP contribution in [-0.4, -0.2) is 12.1 Å². The van der Waals surface area contributed by atoms with Crippen molar-refractivity contribution in [1.29, 1.82) is 0 Å². The van der Waals surface area contributed by atoms with E-state index in [0.717, 1.165) is 16.4 Å². The molecule has 4 aromatic carbocycles. The largest absolute Gasteiger partial charge is 0.454 e. The SMILES string of the molecule is C=C(C)[C@H](Cc1ccccc1)OC(=O)c1ccccc1P(c1ccccc1)c1ccccc1. The monoisotopic (exact) mass is 450 g/mol. The topological polar surface area (TPSA) is 26.3 Å². The summed E-state index contributed by atoms with van der Waals surface area (Å²) in [5, 5.41) is 3.38. The van der Waals surface area contributed by atoms with Gasteiger partial charge in [0.15, 0.2) is 0 Å². The molecule has 0 aliphatic rings.